The van der Waals surface area contributed by atoms with Crippen LogP contribution in [0.2, 0.25) is 0 Å². The Labute approximate surface area is 159 Å². The lowest BCUT2D eigenvalue weighted by Gasteiger charge is -2.26. The predicted octanol–water partition coefficient (Wildman–Crippen LogP) is 4.32. The van der Waals surface area contributed by atoms with Crippen LogP contribution >= 0.6 is 0 Å². The van der Waals surface area contributed by atoms with E-state index in [0.717, 1.165) is 54.8 Å². The molecule has 1 fully saturated rings. The van der Waals surface area contributed by atoms with E-state index in [9.17, 15) is 5.11 Å². The van der Waals surface area contributed by atoms with E-state index < -0.39 is 0 Å². The Hall–Kier alpha value is -2.66. The van der Waals surface area contributed by atoms with Crippen LogP contribution in [0.4, 0.5) is 5.82 Å². The molecule has 4 rings (SSSR count). The van der Waals surface area contributed by atoms with Crippen LogP contribution in [0.5, 0.6) is 5.75 Å². The highest BCUT2D eigenvalue weighted by Crippen LogP contribution is 2.32. The molecule has 0 radical (unpaired) electrons. The van der Waals surface area contributed by atoms with Crippen LogP contribution < -0.4 is 4.90 Å². The van der Waals surface area contributed by atoms with Crippen molar-refractivity contribution in [1.82, 2.24) is 9.97 Å². The first-order valence-corrected chi connectivity index (χ1v) is 9.59. The first-order chi connectivity index (χ1) is 13.2. The van der Waals surface area contributed by atoms with Gasteiger partial charge in [-0.1, -0.05) is 18.2 Å². The number of para-hydroxylation sites is 1. The van der Waals surface area contributed by atoms with Gasteiger partial charge in [0.1, 0.15) is 11.6 Å². The predicted molar refractivity (Wildman–Crippen MR) is 108 cm³/mol. The van der Waals surface area contributed by atoms with Gasteiger partial charge in [0.25, 0.3) is 0 Å². The molecule has 0 spiro atoms. The van der Waals surface area contributed by atoms with Gasteiger partial charge in [-0.25, -0.2) is 9.97 Å². The van der Waals surface area contributed by atoms with E-state index in [1.165, 1.54) is 0 Å². The molecule has 140 valence electrons. The summed E-state index contributed by atoms with van der Waals surface area (Å²) in [7, 11) is 0. The average molecular weight is 363 g/mol. The van der Waals surface area contributed by atoms with Gasteiger partial charge in [-0.2, -0.15) is 0 Å². The van der Waals surface area contributed by atoms with Crippen LogP contribution in [-0.2, 0) is 4.74 Å². The molecule has 0 aliphatic carbocycles. The van der Waals surface area contributed by atoms with Crippen LogP contribution in [0, 0.1) is 6.92 Å². The summed E-state index contributed by atoms with van der Waals surface area (Å²) in [5, 5.41) is 11.3. The summed E-state index contributed by atoms with van der Waals surface area (Å²) in [5.41, 5.74) is 2.69. The number of phenolic OH excluding ortho intramolecular Hbond substituents is 1. The van der Waals surface area contributed by atoms with Crippen molar-refractivity contribution in [1.29, 1.82) is 0 Å². The number of hydrogen-bond acceptors (Lipinski definition) is 5. The molecule has 0 bridgehead atoms. The van der Waals surface area contributed by atoms with Crippen molar-refractivity contribution < 1.29 is 9.84 Å². The fraction of sp³-hybridized carbons (Fsp3) is 0.364. The Morgan fingerprint density at radius 3 is 2.78 bits per heavy atom. The standard InChI is InChI=1S/C22H25N3O2/c1-3-25(14-16-7-6-12-27-16)22-17-11-10-15(2)13-19(17)23-21(24-22)18-8-4-5-9-20(18)26/h4-5,8-11,13,16,26H,3,6-7,12,14H2,1-2H3. The van der Waals surface area contributed by atoms with E-state index in [1.807, 2.05) is 12.1 Å². The largest absolute Gasteiger partial charge is 0.507 e. The van der Waals surface area contributed by atoms with E-state index in [2.05, 4.69) is 36.9 Å². The maximum atomic E-state index is 10.3. The first kappa shape index (κ1) is 17.7. The molecule has 1 saturated heterocycles. The molecule has 5 heteroatoms. The molecule has 1 atom stereocenters. The average Bonchev–Trinajstić information content (AvgIpc) is 3.18. The number of benzene rings is 2. The number of fused-ring (bicyclic) bond motifs is 1. The Bertz CT molecular complexity index is 951. The first-order valence-electron chi connectivity index (χ1n) is 9.59. The Morgan fingerprint density at radius 2 is 2.04 bits per heavy atom. The maximum absolute atomic E-state index is 10.3. The molecule has 2 aromatic carbocycles. The van der Waals surface area contributed by atoms with Gasteiger partial charge in [-0.3, -0.25) is 0 Å². The lowest BCUT2D eigenvalue weighted by atomic mass is 10.1. The molecule has 1 aliphatic rings. The highest BCUT2D eigenvalue weighted by atomic mass is 16.5. The topological polar surface area (TPSA) is 58.5 Å². The van der Waals surface area contributed by atoms with Crippen molar-refractivity contribution in [2.45, 2.75) is 32.8 Å². The van der Waals surface area contributed by atoms with E-state index in [1.54, 1.807) is 12.1 Å². The SMILES string of the molecule is CCN(CC1CCCO1)c1nc(-c2ccccc2O)nc2cc(C)ccc12. The number of aromatic nitrogens is 2. The fourth-order valence-electron chi connectivity index (χ4n) is 3.65. The monoisotopic (exact) mass is 363 g/mol. The number of likely N-dealkylation sites (N-methyl/N-ethyl adjacent to an activating group) is 1. The third-order valence-electron chi connectivity index (χ3n) is 5.11. The zero-order chi connectivity index (χ0) is 18.8. The molecular weight excluding hydrogens is 338 g/mol. The summed E-state index contributed by atoms with van der Waals surface area (Å²) < 4.78 is 5.85. The van der Waals surface area contributed by atoms with E-state index >= 15 is 0 Å². The zero-order valence-electron chi connectivity index (χ0n) is 15.9. The number of nitrogens with zero attached hydrogens (tertiary/aromatic N) is 3. The molecular formula is C22H25N3O2. The van der Waals surface area contributed by atoms with Gasteiger partial charge in [0.05, 0.1) is 17.2 Å². The minimum absolute atomic E-state index is 0.192. The summed E-state index contributed by atoms with van der Waals surface area (Å²) in [5.74, 6) is 1.64. The van der Waals surface area contributed by atoms with Gasteiger partial charge < -0.3 is 14.7 Å². The number of hydrogen-bond donors (Lipinski definition) is 1. The summed E-state index contributed by atoms with van der Waals surface area (Å²) >= 11 is 0. The Balaban J connectivity index is 1.85. The molecule has 1 unspecified atom stereocenters. The summed E-state index contributed by atoms with van der Waals surface area (Å²) in [6, 6.07) is 13.5. The quantitative estimate of drug-likeness (QED) is 0.732. The zero-order valence-corrected chi connectivity index (χ0v) is 15.9. The molecule has 1 aromatic heterocycles. The van der Waals surface area contributed by atoms with Gasteiger partial charge in [0.15, 0.2) is 5.82 Å². The smallest absolute Gasteiger partial charge is 0.165 e. The molecule has 5 nitrogen and oxygen atoms in total. The normalized spacial score (nSPS) is 16.7. The van der Waals surface area contributed by atoms with E-state index in [-0.39, 0.29) is 11.9 Å². The van der Waals surface area contributed by atoms with Crippen molar-refractivity contribution in [3.8, 4) is 17.1 Å². The lowest BCUT2D eigenvalue weighted by molar-refractivity contribution is 0.115. The van der Waals surface area contributed by atoms with E-state index in [0.29, 0.717) is 11.4 Å². The second-order valence-corrected chi connectivity index (χ2v) is 7.08. The summed E-state index contributed by atoms with van der Waals surface area (Å²) in [4.78, 5) is 11.9. The molecule has 1 aliphatic heterocycles. The van der Waals surface area contributed by atoms with Gasteiger partial charge in [0, 0.05) is 25.1 Å². The summed E-state index contributed by atoms with van der Waals surface area (Å²) in [6.07, 6.45) is 2.45. The number of rotatable bonds is 5. The molecule has 2 heterocycles. The number of ether oxygens (including phenoxy) is 1. The maximum Gasteiger partial charge on any atom is 0.165 e. The fourth-order valence-corrected chi connectivity index (χ4v) is 3.65. The molecule has 27 heavy (non-hydrogen) atoms. The van der Waals surface area contributed by atoms with Crippen molar-refractivity contribution in [2.24, 2.45) is 0 Å². The lowest BCUT2D eigenvalue weighted by Crippen LogP contribution is -2.33. The third kappa shape index (κ3) is 3.60. The highest BCUT2D eigenvalue weighted by molar-refractivity contribution is 5.91. The van der Waals surface area contributed by atoms with Crippen molar-refractivity contribution in [2.75, 3.05) is 24.6 Å². The van der Waals surface area contributed by atoms with Crippen LogP contribution in [0.25, 0.3) is 22.3 Å². The number of aromatic hydroxyl groups is 1. The van der Waals surface area contributed by atoms with Crippen molar-refractivity contribution in [3.63, 3.8) is 0 Å². The van der Waals surface area contributed by atoms with Crippen LogP contribution in [-0.4, -0.2) is 40.9 Å². The third-order valence-corrected chi connectivity index (χ3v) is 5.11. The number of anilines is 1. The van der Waals surface area contributed by atoms with Gasteiger partial charge in [-0.15, -0.1) is 0 Å². The van der Waals surface area contributed by atoms with Gasteiger partial charge in [0.2, 0.25) is 0 Å². The van der Waals surface area contributed by atoms with E-state index in [4.69, 9.17) is 14.7 Å². The molecule has 3 aromatic rings. The minimum atomic E-state index is 0.192. The highest BCUT2D eigenvalue weighted by Gasteiger charge is 2.22. The minimum Gasteiger partial charge on any atom is -0.507 e. The van der Waals surface area contributed by atoms with Crippen LogP contribution in [0.3, 0.4) is 0 Å². The van der Waals surface area contributed by atoms with Crippen molar-refractivity contribution in [3.05, 3.63) is 48.0 Å². The molecule has 0 amide bonds. The summed E-state index contributed by atoms with van der Waals surface area (Å²) in [6.45, 7) is 6.69. The van der Waals surface area contributed by atoms with Gasteiger partial charge >= 0.3 is 0 Å². The van der Waals surface area contributed by atoms with Crippen LogP contribution in [0.1, 0.15) is 25.3 Å². The second-order valence-electron chi connectivity index (χ2n) is 7.08. The van der Waals surface area contributed by atoms with Crippen LogP contribution in [0.15, 0.2) is 42.5 Å². The Morgan fingerprint density at radius 1 is 1.19 bits per heavy atom. The number of phenols is 1. The molecule has 0 saturated carbocycles. The van der Waals surface area contributed by atoms with Gasteiger partial charge in [-0.05, 0) is 56.5 Å². The van der Waals surface area contributed by atoms with Crippen molar-refractivity contribution >= 4 is 16.7 Å². The Kier molecular flexibility index (Phi) is 4.94. The second kappa shape index (κ2) is 7.53. The number of aryl methyl sites for hydroxylation is 1. The molecule has 1 N–H and O–H groups in total.